The molecule has 1 saturated carbocycles. The summed E-state index contributed by atoms with van der Waals surface area (Å²) in [7, 11) is 0. The highest BCUT2D eigenvalue weighted by Crippen LogP contribution is 2.32. The average molecular weight is 385 g/mol. The number of hydrogen-bond donors (Lipinski definition) is 0. The summed E-state index contributed by atoms with van der Waals surface area (Å²) in [5.74, 6) is 1.57. The number of hydrogen-bond acceptors (Lipinski definition) is 2. The summed E-state index contributed by atoms with van der Waals surface area (Å²) in [6.45, 7) is 7.44. The molecule has 0 unspecified atom stereocenters. The third kappa shape index (κ3) is 5.15. The molecule has 2 amide bonds. The van der Waals surface area contributed by atoms with Crippen molar-refractivity contribution in [2.75, 3.05) is 26.2 Å². The molecule has 28 heavy (non-hydrogen) atoms. The van der Waals surface area contributed by atoms with E-state index >= 15 is 0 Å². The predicted octanol–water partition coefficient (Wildman–Crippen LogP) is 4.14. The molecule has 0 bridgehead atoms. The van der Waals surface area contributed by atoms with Gasteiger partial charge in [-0.2, -0.15) is 0 Å². The van der Waals surface area contributed by atoms with Crippen LogP contribution in [0.25, 0.3) is 0 Å². The zero-order chi connectivity index (χ0) is 19.9. The Kier molecular flexibility index (Phi) is 7.52. The molecule has 3 rings (SSSR count). The number of carbonyl (C=O) groups is 2. The fourth-order valence-corrected chi connectivity index (χ4v) is 4.94. The second-order valence-electron chi connectivity index (χ2n) is 8.52. The fraction of sp³-hybridized carbons (Fsp3) is 0.667. The third-order valence-corrected chi connectivity index (χ3v) is 6.79. The number of carbonyl (C=O) groups excluding carboxylic acids is 2. The predicted molar refractivity (Wildman–Crippen MR) is 113 cm³/mol. The van der Waals surface area contributed by atoms with Gasteiger partial charge in [0, 0.05) is 38.0 Å². The quantitative estimate of drug-likeness (QED) is 0.739. The molecule has 1 aliphatic carbocycles. The van der Waals surface area contributed by atoms with Gasteiger partial charge in [-0.1, -0.05) is 30.3 Å². The number of rotatable bonds is 6. The van der Waals surface area contributed by atoms with Gasteiger partial charge in [0.25, 0.3) is 0 Å². The van der Waals surface area contributed by atoms with Gasteiger partial charge >= 0.3 is 0 Å². The minimum absolute atomic E-state index is 0.126. The lowest BCUT2D eigenvalue weighted by atomic mass is 9.80. The van der Waals surface area contributed by atoms with Gasteiger partial charge in [0.15, 0.2) is 0 Å². The Morgan fingerprint density at radius 1 is 0.893 bits per heavy atom. The zero-order valence-electron chi connectivity index (χ0n) is 17.6. The Morgan fingerprint density at radius 2 is 1.46 bits per heavy atom. The summed E-state index contributed by atoms with van der Waals surface area (Å²) in [6, 6.07) is 10.7. The molecule has 1 saturated heterocycles. The van der Waals surface area contributed by atoms with Gasteiger partial charge in [-0.05, 0) is 70.3 Å². The number of nitrogens with zero attached hydrogens (tertiary/aromatic N) is 2. The van der Waals surface area contributed by atoms with Crippen molar-refractivity contribution < 1.29 is 9.59 Å². The van der Waals surface area contributed by atoms with Gasteiger partial charge in [-0.25, -0.2) is 0 Å². The molecule has 0 atom stereocenters. The Morgan fingerprint density at radius 3 is 2.04 bits per heavy atom. The van der Waals surface area contributed by atoms with Crippen LogP contribution in [0, 0.1) is 17.8 Å². The van der Waals surface area contributed by atoms with Crippen LogP contribution in [0.15, 0.2) is 30.3 Å². The molecule has 0 radical (unpaired) electrons. The molecule has 0 spiro atoms. The van der Waals surface area contributed by atoms with Gasteiger partial charge < -0.3 is 9.80 Å². The lowest BCUT2D eigenvalue weighted by Gasteiger charge is -2.37. The van der Waals surface area contributed by atoms with Gasteiger partial charge in [-0.15, -0.1) is 0 Å². The lowest BCUT2D eigenvalue weighted by molar-refractivity contribution is -0.142. The average Bonchev–Trinajstić information content (AvgIpc) is 2.75. The standard InChI is InChI=1S/C24H36N2O2/c1-3-25(4-2)23(27)21-10-12-22(13-11-21)24(28)26-16-14-20(15-17-26)18-19-8-6-5-7-9-19/h5-9,20-22H,3-4,10-18H2,1-2H3. The molecule has 4 nitrogen and oxygen atoms in total. The minimum Gasteiger partial charge on any atom is -0.343 e. The maximum Gasteiger partial charge on any atom is 0.225 e. The van der Waals surface area contributed by atoms with Crippen LogP contribution in [0.4, 0.5) is 0 Å². The molecule has 1 aliphatic heterocycles. The monoisotopic (exact) mass is 384 g/mol. The van der Waals surface area contributed by atoms with Crippen LogP contribution in [0.3, 0.4) is 0 Å². The van der Waals surface area contributed by atoms with Crippen molar-refractivity contribution in [1.82, 2.24) is 9.80 Å². The van der Waals surface area contributed by atoms with Crippen LogP contribution in [-0.4, -0.2) is 47.8 Å². The number of amides is 2. The highest BCUT2D eigenvalue weighted by Gasteiger charge is 2.34. The minimum atomic E-state index is 0.126. The van der Waals surface area contributed by atoms with E-state index < -0.39 is 0 Å². The van der Waals surface area contributed by atoms with E-state index in [2.05, 4.69) is 35.2 Å². The summed E-state index contributed by atoms with van der Waals surface area (Å²) < 4.78 is 0. The van der Waals surface area contributed by atoms with Crippen molar-refractivity contribution in [1.29, 1.82) is 0 Å². The molecule has 1 aromatic carbocycles. The topological polar surface area (TPSA) is 40.6 Å². The van der Waals surface area contributed by atoms with Gasteiger partial charge in [-0.3, -0.25) is 9.59 Å². The fourth-order valence-electron chi connectivity index (χ4n) is 4.94. The van der Waals surface area contributed by atoms with Crippen molar-refractivity contribution >= 4 is 11.8 Å². The van der Waals surface area contributed by atoms with E-state index in [4.69, 9.17) is 0 Å². The Balaban J connectivity index is 1.43. The van der Waals surface area contributed by atoms with E-state index in [0.29, 0.717) is 11.8 Å². The maximum atomic E-state index is 13.0. The van der Waals surface area contributed by atoms with Crippen LogP contribution in [0.2, 0.25) is 0 Å². The molecule has 0 aromatic heterocycles. The van der Waals surface area contributed by atoms with E-state index in [-0.39, 0.29) is 17.7 Å². The highest BCUT2D eigenvalue weighted by atomic mass is 16.2. The lowest BCUT2D eigenvalue weighted by Crippen LogP contribution is -2.44. The first-order chi connectivity index (χ1) is 13.6. The number of benzene rings is 1. The molecule has 0 N–H and O–H groups in total. The second kappa shape index (κ2) is 10.1. The van der Waals surface area contributed by atoms with E-state index in [9.17, 15) is 9.59 Å². The molecule has 1 aromatic rings. The van der Waals surface area contributed by atoms with Crippen molar-refractivity contribution in [3.05, 3.63) is 35.9 Å². The molecular weight excluding hydrogens is 348 g/mol. The van der Waals surface area contributed by atoms with E-state index in [1.807, 2.05) is 18.7 Å². The first-order valence-corrected chi connectivity index (χ1v) is 11.2. The summed E-state index contributed by atoms with van der Waals surface area (Å²) >= 11 is 0. The van der Waals surface area contributed by atoms with Crippen LogP contribution in [-0.2, 0) is 16.0 Å². The van der Waals surface area contributed by atoms with E-state index in [1.54, 1.807) is 0 Å². The van der Waals surface area contributed by atoms with Gasteiger partial charge in [0.1, 0.15) is 0 Å². The normalized spacial score (nSPS) is 23.4. The summed E-state index contributed by atoms with van der Waals surface area (Å²) in [4.78, 5) is 29.6. The third-order valence-electron chi connectivity index (χ3n) is 6.79. The van der Waals surface area contributed by atoms with Crippen LogP contribution < -0.4 is 0 Å². The smallest absolute Gasteiger partial charge is 0.225 e. The van der Waals surface area contributed by atoms with Crippen LogP contribution >= 0.6 is 0 Å². The van der Waals surface area contributed by atoms with Crippen molar-refractivity contribution in [2.45, 2.75) is 58.8 Å². The Labute approximate surface area is 170 Å². The molecular formula is C24H36N2O2. The van der Waals surface area contributed by atoms with Crippen molar-refractivity contribution in [3.8, 4) is 0 Å². The molecule has 4 heteroatoms. The summed E-state index contributed by atoms with van der Waals surface area (Å²) in [5.41, 5.74) is 1.41. The molecule has 154 valence electrons. The molecule has 2 fully saturated rings. The second-order valence-corrected chi connectivity index (χ2v) is 8.52. The zero-order valence-corrected chi connectivity index (χ0v) is 17.6. The van der Waals surface area contributed by atoms with Crippen molar-refractivity contribution in [3.63, 3.8) is 0 Å². The first kappa shape index (κ1) is 20.9. The SMILES string of the molecule is CCN(CC)C(=O)C1CCC(C(=O)N2CCC(Cc3ccccc3)CC2)CC1. The first-order valence-electron chi connectivity index (χ1n) is 11.2. The van der Waals surface area contributed by atoms with E-state index in [1.165, 1.54) is 5.56 Å². The van der Waals surface area contributed by atoms with Crippen molar-refractivity contribution in [2.24, 2.45) is 17.8 Å². The maximum absolute atomic E-state index is 13.0. The van der Waals surface area contributed by atoms with Gasteiger partial charge in [0.2, 0.25) is 11.8 Å². The van der Waals surface area contributed by atoms with E-state index in [0.717, 1.165) is 71.1 Å². The number of likely N-dealkylation sites (tertiary alicyclic amines) is 1. The largest absolute Gasteiger partial charge is 0.343 e. The molecule has 1 heterocycles. The highest BCUT2D eigenvalue weighted by molar-refractivity contribution is 5.81. The number of piperidine rings is 1. The summed E-state index contributed by atoms with van der Waals surface area (Å²) in [5, 5.41) is 0. The van der Waals surface area contributed by atoms with Gasteiger partial charge in [0.05, 0.1) is 0 Å². The summed E-state index contributed by atoms with van der Waals surface area (Å²) in [6.07, 6.45) is 6.83. The Bertz CT molecular complexity index is 625. The molecule has 2 aliphatic rings. The van der Waals surface area contributed by atoms with Crippen LogP contribution in [0.5, 0.6) is 0 Å². The Hall–Kier alpha value is -1.84. The van der Waals surface area contributed by atoms with Crippen LogP contribution in [0.1, 0.15) is 57.9 Å².